The van der Waals surface area contributed by atoms with Gasteiger partial charge in [0.1, 0.15) is 30.5 Å². The van der Waals surface area contributed by atoms with Gasteiger partial charge < -0.3 is 19.5 Å². The zero-order valence-corrected chi connectivity index (χ0v) is 18.7. The van der Waals surface area contributed by atoms with Gasteiger partial charge in [-0.05, 0) is 61.1 Å². The highest BCUT2D eigenvalue weighted by Crippen LogP contribution is 2.23. The van der Waals surface area contributed by atoms with Crippen LogP contribution < -0.4 is 24.8 Å². The number of anilines is 1. The molecule has 3 aromatic carbocycles. The first-order valence-corrected chi connectivity index (χ1v) is 10.8. The molecule has 1 amide bonds. The van der Waals surface area contributed by atoms with E-state index < -0.39 is 0 Å². The topological polar surface area (TPSA) is 68.8 Å². The van der Waals surface area contributed by atoms with Gasteiger partial charge in [0.05, 0.1) is 12.3 Å². The minimum atomic E-state index is -0.320. The minimum absolute atomic E-state index is 0.173. The number of hydrogen-bond acceptors (Lipinski definition) is 5. The Kier molecular flexibility index (Phi) is 8.89. The van der Waals surface area contributed by atoms with Crippen LogP contribution in [0.2, 0.25) is 0 Å². The summed E-state index contributed by atoms with van der Waals surface area (Å²) in [6.07, 6.45) is 0.893. The second-order valence-corrected chi connectivity index (χ2v) is 7.20. The number of rotatable bonds is 10. The van der Waals surface area contributed by atoms with E-state index in [-0.39, 0.29) is 11.0 Å². The van der Waals surface area contributed by atoms with Crippen LogP contribution in [-0.4, -0.2) is 30.8 Å². The molecular formula is C25H26N2O4S. The van der Waals surface area contributed by atoms with Gasteiger partial charge in [0.25, 0.3) is 5.91 Å². The Morgan fingerprint density at radius 1 is 0.812 bits per heavy atom. The molecule has 0 fully saturated rings. The molecule has 6 nitrogen and oxygen atoms in total. The van der Waals surface area contributed by atoms with E-state index in [2.05, 4.69) is 10.6 Å². The third-order valence-corrected chi connectivity index (χ3v) is 4.49. The molecule has 32 heavy (non-hydrogen) atoms. The second kappa shape index (κ2) is 12.3. The quantitative estimate of drug-likeness (QED) is 0.332. The highest BCUT2D eigenvalue weighted by atomic mass is 32.1. The zero-order valence-electron chi connectivity index (χ0n) is 17.9. The lowest BCUT2D eigenvalue weighted by Gasteiger charge is -2.15. The lowest BCUT2D eigenvalue weighted by Crippen LogP contribution is -2.34. The average molecular weight is 451 g/mol. The lowest BCUT2D eigenvalue weighted by atomic mass is 10.2. The molecule has 0 saturated heterocycles. The van der Waals surface area contributed by atoms with Crippen LogP contribution in [0, 0.1) is 0 Å². The number of hydrogen-bond donors (Lipinski definition) is 2. The van der Waals surface area contributed by atoms with Crippen molar-refractivity contribution in [2.24, 2.45) is 0 Å². The Hall–Kier alpha value is -3.58. The molecule has 0 unspecified atom stereocenters. The average Bonchev–Trinajstić information content (AvgIpc) is 2.82. The van der Waals surface area contributed by atoms with Gasteiger partial charge in [0.2, 0.25) is 0 Å². The van der Waals surface area contributed by atoms with Crippen molar-refractivity contribution in [3.05, 3.63) is 84.4 Å². The molecule has 0 bridgehead atoms. The maximum absolute atomic E-state index is 12.6. The number of amides is 1. The SMILES string of the molecule is CCCOc1cccc(C(=O)NC(=S)Nc2ccccc2OCCOc2ccccc2)c1. The molecule has 7 heteroatoms. The van der Waals surface area contributed by atoms with Crippen LogP contribution in [-0.2, 0) is 0 Å². The number of nitrogens with one attached hydrogen (secondary N) is 2. The molecule has 0 aliphatic rings. The van der Waals surface area contributed by atoms with E-state index >= 15 is 0 Å². The third kappa shape index (κ3) is 7.28. The van der Waals surface area contributed by atoms with Crippen LogP contribution in [0.4, 0.5) is 5.69 Å². The summed E-state index contributed by atoms with van der Waals surface area (Å²) >= 11 is 5.32. The van der Waals surface area contributed by atoms with Gasteiger partial charge in [-0.15, -0.1) is 0 Å². The highest BCUT2D eigenvalue weighted by molar-refractivity contribution is 7.80. The van der Waals surface area contributed by atoms with Crippen LogP contribution in [0.5, 0.6) is 17.2 Å². The summed E-state index contributed by atoms with van der Waals surface area (Å²) in [7, 11) is 0. The first-order valence-electron chi connectivity index (χ1n) is 10.4. The van der Waals surface area contributed by atoms with E-state index in [9.17, 15) is 4.79 Å². The molecule has 3 rings (SSSR count). The number of thiocarbonyl (C=S) groups is 1. The van der Waals surface area contributed by atoms with Crippen LogP contribution in [0.15, 0.2) is 78.9 Å². The van der Waals surface area contributed by atoms with Crippen molar-refractivity contribution in [2.45, 2.75) is 13.3 Å². The number of para-hydroxylation sites is 3. The summed E-state index contributed by atoms with van der Waals surface area (Å²) in [4.78, 5) is 12.6. The van der Waals surface area contributed by atoms with Crippen LogP contribution >= 0.6 is 12.2 Å². The number of benzene rings is 3. The molecule has 166 valence electrons. The molecule has 0 spiro atoms. The van der Waals surface area contributed by atoms with Gasteiger partial charge in [-0.1, -0.05) is 43.3 Å². The summed E-state index contributed by atoms with van der Waals surface area (Å²) in [5, 5.41) is 5.88. The number of carbonyl (C=O) groups excluding carboxylic acids is 1. The van der Waals surface area contributed by atoms with Gasteiger partial charge in [-0.2, -0.15) is 0 Å². The van der Waals surface area contributed by atoms with Gasteiger partial charge in [-0.25, -0.2) is 0 Å². The molecule has 2 N–H and O–H groups in total. The van der Waals surface area contributed by atoms with E-state index in [1.165, 1.54) is 0 Å². The van der Waals surface area contributed by atoms with Gasteiger partial charge in [0.15, 0.2) is 5.11 Å². The Balaban J connectivity index is 1.52. The first-order chi connectivity index (χ1) is 15.7. The zero-order chi connectivity index (χ0) is 22.6. The monoisotopic (exact) mass is 450 g/mol. The van der Waals surface area contributed by atoms with Crippen molar-refractivity contribution in [3.8, 4) is 17.2 Å². The predicted molar refractivity (Wildman–Crippen MR) is 130 cm³/mol. The smallest absolute Gasteiger partial charge is 0.257 e. The summed E-state index contributed by atoms with van der Waals surface area (Å²) in [5.74, 6) is 1.72. The Morgan fingerprint density at radius 2 is 1.50 bits per heavy atom. The van der Waals surface area contributed by atoms with E-state index in [1.54, 1.807) is 18.2 Å². The second-order valence-electron chi connectivity index (χ2n) is 6.79. The number of carbonyl (C=O) groups is 1. The standard InChI is InChI=1S/C25H26N2O4S/c1-2-15-29-21-12-8-9-19(18-21)24(28)27-25(32)26-22-13-6-7-14-23(22)31-17-16-30-20-10-4-3-5-11-20/h3-14,18H,2,15-17H2,1H3,(H2,26,27,28,32). The maximum Gasteiger partial charge on any atom is 0.257 e. The van der Waals surface area contributed by atoms with Gasteiger partial charge >= 0.3 is 0 Å². The van der Waals surface area contributed by atoms with Gasteiger partial charge in [0, 0.05) is 5.56 Å². The normalized spacial score (nSPS) is 10.2. The van der Waals surface area contributed by atoms with Gasteiger partial charge in [-0.3, -0.25) is 10.1 Å². The molecule has 0 saturated carbocycles. The Bertz CT molecular complexity index is 1030. The maximum atomic E-state index is 12.6. The fourth-order valence-corrected chi connectivity index (χ4v) is 3.00. The Labute approximate surface area is 193 Å². The molecule has 0 aliphatic heterocycles. The van der Waals surface area contributed by atoms with Crippen molar-refractivity contribution in [1.82, 2.24) is 5.32 Å². The van der Waals surface area contributed by atoms with E-state index in [0.29, 0.717) is 42.6 Å². The largest absolute Gasteiger partial charge is 0.494 e. The fraction of sp³-hybridized carbons (Fsp3) is 0.200. The lowest BCUT2D eigenvalue weighted by molar-refractivity contribution is 0.0977. The van der Waals surface area contributed by atoms with Crippen molar-refractivity contribution >= 4 is 28.9 Å². The van der Waals surface area contributed by atoms with Crippen molar-refractivity contribution in [1.29, 1.82) is 0 Å². The summed E-state index contributed by atoms with van der Waals surface area (Å²) < 4.78 is 17.1. The molecule has 0 heterocycles. The third-order valence-electron chi connectivity index (χ3n) is 4.28. The molecular weight excluding hydrogens is 424 g/mol. The summed E-state index contributed by atoms with van der Waals surface area (Å²) in [5.41, 5.74) is 1.11. The molecule has 0 aromatic heterocycles. The van der Waals surface area contributed by atoms with Crippen molar-refractivity contribution < 1.29 is 19.0 Å². The van der Waals surface area contributed by atoms with E-state index in [0.717, 1.165) is 12.2 Å². The Morgan fingerprint density at radius 3 is 2.31 bits per heavy atom. The molecule has 0 atom stereocenters. The van der Waals surface area contributed by atoms with Crippen molar-refractivity contribution in [2.75, 3.05) is 25.1 Å². The predicted octanol–water partition coefficient (Wildman–Crippen LogP) is 5.06. The van der Waals surface area contributed by atoms with Crippen molar-refractivity contribution in [3.63, 3.8) is 0 Å². The fourth-order valence-electron chi connectivity index (χ4n) is 2.80. The molecule has 3 aromatic rings. The van der Waals surface area contributed by atoms with E-state index in [1.807, 2.05) is 67.6 Å². The van der Waals surface area contributed by atoms with E-state index in [4.69, 9.17) is 26.4 Å². The number of ether oxygens (including phenoxy) is 3. The summed E-state index contributed by atoms with van der Waals surface area (Å²) in [6, 6.07) is 23.9. The molecule has 0 radical (unpaired) electrons. The highest BCUT2D eigenvalue weighted by Gasteiger charge is 2.11. The minimum Gasteiger partial charge on any atom is -0.494 e. The van der Waals surface area contributed by atoms with Crippen LogP contribution in [0.25, 0.3) is 0 Å². The summed E-state index contributed by atoms with van der Waals surface area (Å²) in [6.45, 7) is 3.38. The molecule has 0 aliphatic carbocycles. The first kappa shape index (κ1) is 23.1. The van der Waals surface area contributed by atoms with Crippen LogP contribution in [0.1, 0.15) is 23.7 Å². The van der Waals surface area contributed by atoms with Crippen LogP contribution in [0.3, 0.4) is 0 Å².